The van der Waals surface area contributed by atoms with Crippen LogP contribution in [0.1, 0.15) is 20.7 Å². The van der Waals surface area contributed by atoms with Crippen LogP contribution in [0.3, 0.4) is 0 Å². The molecule has 2 aromatic carbocycles. The molecule has 0 aliphatic heterocycles. The molecule has 0 fully saturated rings. The first-order valence-corrected chi connectivity index (χ1v) is 7.60. The predicted molar refractivity (Wildman–Crippen MR) is 91.1 cm³/mol. The van der Waals surface area contributed by atoms with Crippen molar-refractivity contribution < 1.29 is 23.9 Å². The third-order valence-corrected chi connectivity index (χ3v) is 3.44. The standard InChI is InChI=1S/C16H12O5P2/c17-13(15(19)22)9-1-5-11(6-2-9)21-12-7-3-10(4-8-12)14(18)16(20)23/h1-8H,22-23H2. The van der Waals surface area contributed by atoms with E-state index in [9.17, 15) is 19.2 Å². The van der Waals surface area contributed by atoms with E-state index in [1.807, 2.05) is 18.5 Å². The fraction of sp³-hybridized carbons (Fsp3) is 0. The van der Waals surface area contributed by atoms with Crippen LogP contribution in [-0.2, 0) is 9.59 Å². The highest BCUT2D eigenvalue weighted by Gasteiger charge is 2.12. The Morgan fingerprint density at radius 2 is 0.913 bits per heavy atom. The molecule has 0 N–H and O–H groups in total. The highest BCUT2D eigenvalue weighted by atomic mass is 31.0. The van der Waals surface area contributed by atoms with Crippen molar-refractivity contribution >= 4 is 41.1 Å². The SMILES string of the molecule is O=C(P)C(=O)c1ccc(Oc2ccc(C(=O)C(=O)P)cc2)cc1. The van der Waals surface area contributed by atoms with Gasteiger partial charge in [0.2, 0.25) is 22.6 Å². The van der Waals surface area contributed by atoms with Crippen LogP contribution in [0.2, 0.25) is 0 Å². The zero-order chi connectivity index (χ0) is 17.0. The fourth-order valence-corrected chi connectivity index (χ4v) is 2.10. The van der Waals surface area contributed by atoms with Gasteiger partial charge in [0.05, 0.1) is 0 Å². The van der Waals surface area contributed by atoms with Crippen molar-refractivity contribution in [3.8, 4) is 11.5 Å². The molecule has 116 valence electrons. The summed E-state index contributed by atoms with van der Waals surface area (Å²) in [6.07, 6.45) is 0. The quantitative estimate of drug-likeness (QED) is 0.457. The van der Waals surface area contributed by atoms with E-state index >= 15 is 0 Å². The second kappa shape index (κ2) is 7.36. The number of ether oxygens (including phenoxy) is 1. The monoisotopic (exact) mass is 346 g/mol. The Morgan fingerprint density at radius 3 is 1.17 bits per heavy atom. The summed E-state index contributed by atoms with van der Waals surface area (Å²) >= 11 is 0. The van der Waals surface area contributed by atoms with Crippen molar-refractivity contribution in [3.05, 3.63) is 59.7 Å². The van der Waals surface area contributed by atoms with Crippen LogP contribution < -0.4 is 4.74 Å². The van der Waals surface area contributed by atoms with Gasteiger partial charge in [-0.2, -0.15) is 0 Å². The lowest BCUT2D eigenvalue weighted by Crippen LogP contribution is -2.06. The number of rotatable bonds is 6. The van der Waals surface area contributed by atoms with Gasteiger partial charge in [0.1, 0.15) is 11.5 Å². The third kappa shape index (κ3) is 4.38. The average molecular weight is 346 g/mol. The summed E-state index contributed by atoms with van der Waals surface area (Å²) in [5.41, 5.74) is -0.667. The molecule has 0 amide bonds. The smallest absolute Gasteiger partial charge is 0.232 e. The molecule has 0 bridgehead atoms. The number of Topliss-reactive ketones (excluding diaryl/α,β-unsaturated/α-hetero) is 2. The molecule has 0 saturated carbocycles. The van der Waals surface area contributed by atoms with E-state index in [0.29, 0.717) is 11.5 Å². The van der Waals surface area contributed by atoms with E-state index in [1.165, 1.54) is 24.3 Å². The summed E-state index contributed by atoms with van der Waals surface area (Å²) in [4.78, 5) is 45.0. The van der Waals surface area contributed by atoms with Crippen molar-refractivity contribution in [2.75, 3.05) is 0 Å². The van der Waals surface area contributed by atoms with Gasteiger partial charge in [0.15, 0.2) is 0 Å². The summed E-state index contributed by atoms with van der Waals surface area (Å²) in [7, 11) is 3.67. The molecule has 2 atom stereocenters. The minimum absolute atomic E-state index is 0.275. The molecule has 2 aromatic rings. The first kappa shape index (κ1) is 17.1. The lowest BCUT2D eigenvalue weighted by atomic mass is 10.1. The number of benzene rings is 2. The van der Waals surface area contributed by atoms with Gasteiger partial charge >= 0.3 is 0 Å². The Balaban J connectivity index is 2.10. The Labute approximate surface area is 136 Å². The summed E-state index contributed by atoms with van der Waals surface area (Å²) in [6, 6.07) is 12.2. The van der Waals surface area contributed by atoms with Crippen LogP contribution in [-0.4, -0.2) is 22.6 Å². The number of hydrogen-bond donors (Lipinski definition) is 0. The number of carbonyl (C=O) groups excluding carboxylic acids is 4. The van der Waals surface area contributed by atoms with E-state index in [1.54, 1.807) is 24.3 Å². The third-order valence-electron chi connectivity index (χ3n) is 2.92. The topological polar surface area (TPSA) is 77.5 Å². The molecule has 0 aromatic heterocycles. The van der Waals surface area contributed by atoms with Crippen molar-refractivity contribution in [1.82, 2.24) is 0 Å². The molecular weight excluding hydrogens is 334 g/mol. The van der Waals surface area contributed by atoms with Gasteiger partial charge in [0.25, 0.3) is 0 Å². The number of hydrogen-bond acceptors (Lipinski definition) is 5. The van der Waals surface area contributed by atoms with Crippen LogP contribution >= 0.6 is 18.5 Å². The second-order valence-electron chi connectivity index (χ2n) is 4.54. The summed E-state index contributed by atoms with van der Waals surface area (Å²) in [6.45, 7) is 0. The Hall–Kier alpha value is -2.22. The first-order valence-electron chi connectivity index (χ1n) is 6.44. The largest absolute Gasteiger partial charge is 0.457 e. The van der Waals surface area contributed by atoms with Crippen LogP contribution in [0, 0.1) is 0 Å². The molecule has 0 aliphatic carbocycles. The minimum atomic E-state index is -0.609. The predicted octanol–water partition coefficient (Wildman–Crippen LogP) is 2.65. The molecule has 0 radical (unpaired) electrons. The molecular formula is C16H12O5P2. The van der Waals surface area contributed by atoms with Crippen LogP contribution in [0.25, 0.3) is 0 Å². The first-order chi connectivity index (χ1) is 10.9. The van der Waals surface area contributed by atoms with E-state index in [-0.39, 0.29) is 11.1 Å². The van der Waals surface area contributed by atoms with Crippen LogP contribution in [0.5, 0.6) is 11.5 Å². The Kier molecular flexibility index (Phi) is 5.49. The van der Waals surface area contributed by atoms with Crippen molar-refractivity contribution in [1.29, 1.82) is 0 Å². The van der Waals surface area contributed by atoms with Crippen LogP contribution in [0.15, 0.2) is 48.5 Å². The number of ketones is 2. The van der Waals surface area contributed by atoms with E-state index in [0.717, 1.165) is 0 Å². The van der Waals surface area contributed by atoms with Gasteiger partial charge < -0.3 is 4.74 Å². The molecule has 2 rings (SSSR count). The zero-order valence-corrected chi connectivity index (χ0v) is 14.1. The van der Waals surface area contributed by atoms with Gasteiger partial charge in [-0.3, -0.25) is 19.2 Å². The van der Waals surface area contributed by atoms with E-state index in [2.05, 4.69) is 0 Å². The minimum Gasteiger partial charge on any atom is -0.457 e. The van der Waals surface area contributed by atoms with E-state index < -0.39 is 22.6 Å². The Bertz CT molecular complexity index is 712. The molecule has 5 nitrogen and oxygen atoms in total. The maximum atomic E-state index is 11.5. The second-order valence-corrected chi connectivity index (χ2v) is 5.59. The lowest BCUT2D eigenvalue weighted by Gasteiger charge is -2.07. The molecule has 0 aliphatic rings. The van der Waals surface area contributed by atoms with Crippen LogP contribution in [0.4, 0.5) is 0 Å². The highest BCUT2D eigenvalue weighted by molar-refractivity contribution is 7.45. The summed E-state index contributed by atoms with van der Waals surface area (Å²) in [5, 5.41) is 0. The molecule has 0 spiro atoms. The normalized spacial score (nSPS) is 10.0. The van der Waals surface area contributed by atoms with Gasteiger partial charge in [-0.15, -0.1) is 0 Å². The molecule has 2 unspecified atom stereocenters. The summed E-state index contributed by atoms with van der Waals surface area (Å²) in [5.74, 6) is -0.240. The Morgan fingerprint density at radius 1 is 0.609 bits per heavy atom. The highest BCUT2D eigenvalue weighted by Crippen LogP contribution is 2.22. The maximum absolute atomic E-state index is 11.5. The average Bonchev–Trinajstić information content (AvgIpc) is 2.54. The maximum Gasteiger partial charge on any atom is 0.232 e. The summed E-state index contributed by atoms with van der Waals surface area (Å²) < 4.78 is 5.57. The van der Waals surface area contributed by atoms with Gasteiger partial charge in [-0.05, 0) is 48.5 Å². The lowest BCUT2D eigenvalue weighted by molar-refractivity contribution is -0.108. The zero-order valence-electron chi connectivity index (χ0n) is 11.8. The molecule has 0 heterocycles. The van der Waals surface area contributed by atoms with Gasteiger partial charge in [-0.1, -0.05) is 18.5 Å². The fourth-order valence-electron chi connectivity index (χ4n) is 1.77. The van der Waals surface area contributed by atoms with Crippen molar-refractivity contribution in [2.45, 2.75) is 0 Å². The van der Waals surface area contributed by atoms with Gasteiger partial charge in [0, 0.05) is 11.1 Å². The number of carbonyl (C=O) groups is 4. The molecule has 0 saturated heterocycles. The van der Waals surface area contributed by atoms with Crippen molar-refractivity contribution in [2.24, 2.45) is 0 Å². The van der Waals surface area contributed by atoms with Crippen molar-refractivity contribution in [3.63, 3.8) is 0 Å². The molecule has 7 heteroatoms. The van der Waals surface area contributed by atoms with E-state index in [4.69, 9.17) is 4.74 Å². The molecule has 23 heavy (non-hydrogen) atoms. The van der Waals surface area contributed by atoms with Gasteiger partial charge in [-0.25, -0.2) is 0 Å².